The number of hydrazone groups is 1. The van der Waals surface area contributed by atoms with E-state index in [-0.39, 0.29) is 0 Å². The van der Waals surface area contributed by atoms with Gasteiger partial charge in [-0.15, -0.1) is 0 Å². The van der Waals surface area contributed by atoms with Gasteiger partial charge in [-0.05, 0) is 19.9 Å². The van der Waals surface area contributed by atoms with E-state index in [4.69, 9.17) is 0 Å². The van der Waals surface area contributed by atoms with Gasteiger partial charge in [0.25, 0.3) is 0 Å². The zero-order valence-corrected chi connectivity index (χ0v) is 9.42. The number of nitrogens with one attached hydrogen (secondary N) is 1. The van der Waals surface area contributed by atoms with Gasteiger partial charge in [0.15, 0.2) is 0 Å². The lowest BCUT2D eigenvalue weighted by atomic mass is 10.3. The van der Waals surface area contributed by atoms with E-state index in [9.17, 15) is 0 Å². The molecule has 0 aromatic heterocycles. The molecule has 0 amide bonds. The maximum atomic E-state index is 4.24. The van der Waals surface area contributed by atoms with Crippen LogP contribution in [0.4, 0.5) is 0 Å². The highest BCUT2D eigenvalue weighted by molar-refractivity contribution is 5.92. The zero-order valence-electron chi connectivity index (χ0n) is 9.42. The molecule has 0 aromatic rings. The van der Waals surface area contributed by atoms with E-state index in [0.717, 1.165) is 11.4 Å². The van der Waals surface area contributed by atoms with Gasteiger partial charge in [0.1, 0.15) is 0 Å². The van der Waals surface area contributed by atoms with Crippen LogP contribution in [0.5, 0.6) is 0 Å². The second kappa shape index (κ2) is 5.59. The van der Waals surface area contributed by atoms with Crippen LogP contribution in [0.25, 0.3) is 0 Å². The molecule has 4 heteroatoms. The van der Waals surface area contributed by atoms with Gasteiger partial charge >= 0.3 is 0 Å². The summed E-state index contributed by atoms with van der Waals surface area (Å²) < 4.78 is 0. The molecule has 0 radical (unpaired) electrons. The van der Waals surface area contributed by atoms with Crippen molar-refractivity contribution < 1.29 is 0 Å². The third-order valence-corrected chi connectivity index (χ3v) is 1.18. The van der Waals surface area contributed by atoms with Crippen molar-refractivity contribution in [3.63, 3.8) is 0 Å². The zero-order chi connectivity index (χ0) is 10.4. The van der Waals surface area contributed by atoms with E-state index in [1.807, 2.05) is 53.1 Å². The van der Waals surface area contributed by atoms with Gasteiger partial charge in [-0.2, -0.15) is 5.10 Å². The molecule has 1 N–H and O–H groups in total. The van der Waals surface area contributed by atoms with E-state index in [1.165, 1.54) is 0 Å². The number of hydrazine groups is 1. The third kappa shape index (κ3) is 7.33. The number of rotatable bonds is 4. The predicted molar refractivity (Wildman–Crippen MR) is 57.4 cm³/mol. The third-order valence-electron chi connectivity index (χ3n) is 1.18. The number of allylic oxidation sites excluding steroid dienone is 2. The summed E-state index contributed by atoms with van der Waals surface area (Å²) in [6.45, 7) is 3.98. The predicted octanol–water partition coefficient (Wildman–Crippen LogP) is 0.894. The van der Waals surface area contributed by atoms with Crippen molar-refractivity contribution in [3.05, 3.63) is 11.8 Å². The summed E-state index contributed by atoms with van der Waals surface area (Å²) in [5.41, 5.74) is 5.20. The molecule has 0 unspecified atom stereocenters. The Balaban J connectivity index is 4.21. The fourth-order valence-electron chi connectivity index (χ4n) is 1.04. The second-order valence-electron chi connectivity index (χ2n) is 3.42. The van der Waals surface area contributed by atoms with Gasteiger partial charge in [0, 0.05) is 33.9 Å². The van der Waals surface area contributed by atoms with Crippen LogP contribution in [0, 0.1) is 0 Å². The fraction of sp³-hybridized carbons (Fsp3) is 0.667. The van der Waals surface area contributed by atoms with Crippen LogP contribution in [0.15, 0.2) is 16.9 Å². The first kappa shape index (κ1) is 12.0. The van der Waals surface area contributed by atoms with Gasteiger partial charge in [0.05, 0.1) is 5.71 Å². The van der Waals surface area contributed by atoms with E-state index >= 15 is 0 Å². The van der Waals surface area contributed by atoms with Gasteiger partial charge in [0.2, 0.25) is 0 Å². The van der Waals surface area contributed by atoms with Gasteiger partial charge < -0.3 is 10.4 Å². The average molecular weight is 184 g/mol. The minimum absolute atomic E-state index is 0.983. The molecule has 0 saturated carbocycles. The molecule has 0 spiro atoms. The smallest absolute Gasteiger partial charge is 0.0591 e. The maximum Gasteiger partial charge on any atom is 0.0591 e. The summed E-state index contributed by atoms with van der Waals surface area (Å²) >= 11 is 0. The van der Waals surface area contributed by atoms with Crippen LogP contribution < -0.4 is 5.43 Å². The minimum atomic E-state index is 0.983. The molecule has 13 heavy (non-hydrogen) atoms. The summed E-state index contributed by atoms with van der Waals surface area (Å²) in [5, 5.41) is 7.92. The molecule has 0 aliphatic carbocycles. The van der Waals surface area contributed by atoms with Gasteiger partial charge in [-0.25, -0.2) is 5.01 Å². The first-order chi connectivity index (χ1) is 5.91. The van der Waals surface area contributed by atoms with E-state index < -0.39 is 0 Å². The van der Waals surface area contributed by atoms with Crippen LogP contribution in [0.3, 0.4) is 0 Å². The van der Waals surface area contributed by atoms with Crippen molar-refractivity contribution in [2.75, 3.05) is 28.2 Å². The van der Waals surface area contributed by atoms with Crippen LogP contribution in [0.1, 0.15) is 13.8 Å². The largest absolute Gasteiger partial charge is 0.324 e. The van der Waals surface area contributed by atoms with Gasteiger partial charge in [-0.3, -0.25) is 0 Å². The Bertz CT molecular complexity index is 204. The van der Waals surface area contributed by atoms with E-state index in [2.05, 4.69) is 10.5 Å². The summed E-state index contributed by atoms with van der Waals surface area (Å²) in [6.07, 6.45) is 2.00. The molecular weight excluding hydrogens is 164 g/mol. The Morgan fingerprint density at radius 3 is 2.08 bits per heavy atom. The van der Waals surface area contributed by atoms with Crippen LogP contribution >= 0.6 is 0 Å². The molecule has 0 fully saturated rings. The molecule has 0 saturated heterocycles. The molecule has 0 aliphatic heterocycles. The average Bonchev–Trinajstić information content (AvgIpc) is 1.80. The van der Waals surface area contributed by atoms with Crippen molar-refractivity contribution in [3.8, 4) is 0 Å². The molecule has 0 atom stereocenters. The summed E-state index contributed by atoms with van der Waals surface area (Å²) in [7, 11) is 7.73. The van der Waals surface area contributed by atoms with E-state index in [1.54, 1.807) is 5.01 Å². The van der Waals surface area contributed by atoms with Crippen LogP contribution in [-0.4, -0.2) is 43.9 Å². The lowest BCUT2D eigenvalue weighted by Gasteiger charge is -2.13. The standard InChI is InChI=1S/C9H20N4/c1-8(10-12(3)4)7-9(2)11-13(5)6/h7,10H,1-6H3/b8-7-,11-9+. The lowest BCUT2D eigenvalue weighted by Crippen LogP contribution is -2.28. The molecule has 0 heterocycles. The molecular formula is C9H20N4. The van der Waals surface area contributed by atoms with Gasteiger partial charge in [-0.1, -0.05) is 0 Å². The SMILES string of the molecule is C/C(=C/C(C)=N/N(C)C)NN(C)C. The maximum absolute atomic E-state index is 4.24. The highest BCUT2D eigenvalue weighted by Crippen LogP contribution is 1.91. The Hall–Kier alpha value is -1.03. The number of nitrogens with zero attached hydrogens (tertiary/aromatic N) is 3. The molecule has 76 valence electrons. The van der Waals surface area contributed by atoms with Crippen molar-refractivity contribution in [2.45, 2.75) is 13.8 Å². The topological polar surface area (TPSA) is 30.9 Å². The lowest BCUT2D eigenvalue weighted by molar-refractivity contribution is 0.328. The Morgan fingerprint density at radius 1 is 1.15 bits per heavy atom. The summed E-state index contributed by atoms with van der Waals surface area (Å²) in [6, 6.07) is 0. The van der Waals surface area contributed by atoms with E-state index in [0.29, 0.717) is 0 Å². The molecule has 4 nitrogen and oxygen atoms in total. The molecule has 0 aromatic carbocycles. The fourth-order valence-corrected chi connectivity index (χ4v) is 1.04. The van der Waals surface area contributed by atoms with Crippen molar-refractivity contribution >= 4 is 5.71 Å². The highest BCUT2D eigenvalue weighted by atomic mass is 15.5. The molecule has 0 bridgehead atoms. The van der Waals surface area contributed by atoms with Crippen molar-refractivity contribution in [1.29, 1.82) is 0 Å². The highest BCUT2D eigenvalue weighted by Gasteiger charge is 1.91. The first-order valence-electron chi connectivity index (χ1n) is 4.26. The minimum Gasteiger partial charge on any atom is -0.324 e. The Labute approximate surface area is 80.9 Å². The quantitative estimate of drug-likeness (QED) is 0.520. The van der Waals surface area contributed by atoms with Crippen molar-refractivity contribution in [2.24, 2.45) is 5.10 Å². The second-order valence-corrected chi connectivity index (χ2v) is 3.42. The number of hydrogen-bond donors (Lipinski definition) is 1. The Kier molecular flexibility index (Phi) is 5.14. The number of hydrogen-bond acceptors (Lipinski definition) is 4. The monoisotopic (exact) mass is 184 g/mol. The van der Waals surface area contributed by atoms with Crippen LogP contribution in [-0.2, 0) is 0 Å². The van der Waals surface area contributed by atoms with Crippen molar-refractivity contribution in [1.82, 2.24) is 15.4 Å². The first-order valence-corrected chi connectivity index (χ1v) is 4.26. The normalized spacial score (nSPS) is 13.5. The summed E-state index contributed by atoms with van der Waals surface area (Å²) in [5.74, 6) is 0. The molecule has 0 aliphatic rings. The Morgan fingerprint density at radius 2 is 1.69 bits per heavy atom. The molecule has 0 rings (SSSR count). The summed E-state index contributed by atoms with van der Waals surface area (Å²) in [4.78, 5) is 0. The van der Waals surface area contributed by atoms with Crippen LogP contribution in [0.2, 0.25) is 0 Å².